The molecule has 8 heteroatoms. The Morgan fingerprint density at radius 3 is 2.77 bits per heavy atom. The first kappa shape index (κ1) is 15.4. The Morgan fingerprint density at radius 2 is 2.14 bits per heavy atom. The maximum atomic E-state index is 13.9. The zero-order valence-electron chi connectivity index (χ0n) is 11.6. The molecule has 0 aliphatic heterocycles. The molecule has 2 rings (SSSR count). The molecule has 1 aromatic heterocycles. The van der Waals surface area contributed by atoms with Gasteiger partial charge in [-0.15, -0.1) is 0 Å². The quantitative estimate of drug-likeness (QED) is 0.783. The van der Waals surface area contributed by atoms with E-state index in [4.69, 9.17) is 10.8 Å². The SMILES string of the molecule is CCNC(=O)c1ccc(F)c(-c2ncc(N)c(C(=O)O)n2)c1. The molecule has 0 saturated carbocycles. The van der Waals surface area contributed by atoms with Gasteiger partial charge in [0.05, 0.1) is 17.4 Å². The maximum absolute atomic E-state index is 13.9. The predicted octanol–water partition coefficient (Wildman–Crippen LogP) is 1.31. The third-order valence-corrected chi connectivity index (χ3v) is 2.83. The lowest BCUT2D eigenvalue weighted by atomic mass is 10.1. The van der Waals surface area contributed by atoms with Crippen molar-refractivity contribution in [2.75, 3.05) is 12.3 Å². The summed E-state index contributed by atoms with van der Waals surface area (Å²) >= 11 is 0. The average Bonchev–Trinajstić information content (AvgIpc) is 2.48. The van der Waals surface area contributed by atoms with Crippen LogP contribution in [-0.2, 0) is 0 Å². The van der Waals surface area contributed by atoms with Crippen molar-refractivity contribution < 1.29 is 19.1 Å². The van der Waals surface area contributed by atoms with Crippen molar-refractivity contribution >= 4 is 17.6 Å². The van der Waals surface area contributed by atoms with E-state index in [2.05, 4.69) is 15.3 Å². The molecule has 7 nitrogen and oxygen atoms in total. The third kappa shape index (κ3) is 3.00. The largest absolute Gasteiger partial charge is 0.476 e. The molecular weight excluding hydrogens is 291 g/mol. The number of benzene rings is 1. The number of rotatable bonds is 4. The number of nitrogen functional groups attached to an aromatic ring is 1. The van der Waals surface area contributed by atoms with Crippen LogP contribution in [0.1, 0.15) is 27.8 Å². The first-order chi connectivity index (χ1) is 10.4. The van der Waals surface area contributed by atoms with Gasteiger partial charge in [0.1, 0.15) is 5.82 Å². The van der Waals surface area contributed by atoms with E-state index >= 15 is 0 Å². The molecule has 0 aliphatic rings. The Morgan fingerprint density at radius 1 is 1.41 bits per heavy atom. The molecule has 0 unspecified atom stereocenters. The van der Waals surface area contributed by atoms with Crippen LogP contribution in [0.3, 0.4) is 0 Å². The number of carbonyl (C=O) groups excluding carboxylic acids is 1. The number of carbonyl (C=O) groups is 2. The van der Waals surface area contributed by atoms with Gasteiger partial charge in [-0.3, -0.25) is 4.79 Å². The lowest BCUT2D eigenvalue weighted by molar-refractivity contribution is 0.0691. The van der Waals surface area contributed by atoms with Crippen molar-refractivity contribution in [2.24, 2.45) is 0 Å². The van der Waals surface area contributed by atoms with Crippen LogP contribution in [0.4, 0.5) is 10.1 Å². The Kier molecular flexibility index (Phi) is 4.31. The molecule has 0 radical (unpaired) electrons. The summed E-state index contributed by atoms with van der Waals surface area (Å²) in [7, 11) is 0. The zero-order valence-corrected chi connectivity index (χ0v) is 11.6. The fraction of sp³-hybridized carbons (Fsp3) is 0.143. The number of nitrogens with zero attached hydrogens (tertiary/aromatic N) is 2. The Labute approximate surface area is 125 Å². The van der Waals surface area contributed by atoms with Crippen molar-refractivity contribution in [3.05, 3.63) is 41.5 Å². The molecule has 114 valence electrons. The van der Waals surface area contributed by atoms with Crippen molar-refractivity contribution in [2.45, 2.75) is 6.92 Å². The van der Waals surface area contributed by atoms with Crippen LogP contribution >= 0.6 is 0 Å². The predicted molar refractivity (Wildman–Crippen MR) is 76.8 cm³/mol. The summed E-state index contributed by atoms with van der Waals surface area (Å²) < 4.78 is 13.9. The van der Waals surface area contributed by atoms with E-state index < -0.39 is 17.5 Å². The highest BCUT2D eigenvalue weighted by molar-refractivity contribution is 5.95. The second kappa shape index (κ2) is 6.17. The number of nitrogens with one attached hydrogen (secondary N) is 1. The Hall–Kier alpha value is -3.03. The first-order valence-electron chi connectivity index (χ1n) is 6.38. The van der Waals surface area contributed by atoms with Gasteiger partial charge in [0.2, 0.25) is 0 Å². The van der Waals surface area contributed by atoms with Gasteiger partial charge in [-0.1, -0.05) is 0 Å². The summed E-state index contributed by atoms with van der Waals surface area (Å²) in [5, 5.41) is 11.6. The average molecular weight is 304 g/mol. The molecule has 1 aromatic carbocycles. The number of aromatic nitrogens is 2. The number of carboxylic acid groups (broad SMARTS) is 1. The molecule has 0 saturated heterocycles. The maximum Gasteiger partial charge on any atom is 0.356 e. The number of nitrogens with two attached hydrogens (primary N) is 1. The van der Waals surface area contributed by atoms with Gasteiger partial charge in [0.25, 0.3) is 5.91 Å². The minimum atomic E-state index is -1.35. The van der Waals surface area contributed by atoms with Gasteiger partial charge in [-0.25, -0.2) is 19.2 Å². The van der Waals surface area contributed by atoms with Gasteiger partial charge in [0, 0.05) is 12.1 Å². The topological polar surface area (TPSA) is 118 Å². The van der Waals surface area contributed by atoms with Crippen molar-refractivity contribution in [3.8, 4) is 11.4 Å². The van der Waals surface area contributed by atoms with Crippen molar-refractivity contribution in [1.29, 1.82) is 0 Å². The van der Waals surface area contributed by atoms with Crippen LogP contribution in [0.15, 0.2) is 24.4 Å². The van der Waals surface area contributed by atoms with Gasteiger partial charge in [-0.05, 0) is 25.1 Å². The molecule has 1 heterocycles. The Balaban J connectivity index is 2.52. The number of anilines is 1. The Bertz CT molecular complexity index is 749. The van der Waals surface area contributed by atoms with E-state index in [1.165, 1.54) is 12.1 Å². The molecule has 2 aromatic rings. The summed E-state index contributed by atoms with van der Waals surface area (Å²) in [6, 6.07) is 3.68. The fourth-order valence-corrected chi connectivity index (χ4v) is 1.79. The van der Waals surface area contributed by atoms with Gasteiger partial charge < -0.3 is 16.2 Å². The molecule has 0 bridgehead atoms. The molecule has 22 heavy (non-hydrogen) atoms. The van der Waals surface area contributed by atoms with Gasteiger partial charge in [-0.2, -0.15) is 0 Å². The molecule has 0 spiro atoms. The van der Waals surface area contributed by atoms with E-state index in [0.29, 0.717) is 6.54 Å². The summed E-state index contributed by atoms with van der Waals surface area (Å²) in [4.78, 5) is 30.4. The number of carboxylic acids is 1. The molecule has 4 N–H and O–H groups in total. The first-order valence-corrected chi connectivity index (χ1v) is 6.38. The van der Waals surface area contributed by atoms with Crippen molar-refractivity contribution in [3.63, 3.8) is 0 Å². The van der Waals surface area contributed by atoms with Crippen LogP contribution < -0.4 is 11.1 Å². The lowest BCUT2D eigenvalue weighted by Crippen LogP contribution is -2.22. The lowest BCUT2D eigenvalue weighted by Gasteiger charge is -2.07. The normalized spacial score (nSPS) is 10.3. The second-order valence-electron chi connectivity index (χ2n) is 4.36. The van der Waals surface area contributed by atoms with Crippen LogP contribution in [0.25, 0.3) is 11.4 Å². The summed E-state index contributed by atoms with van der Waals surface area (Å²) in [6.07, 6.45) is 1.09. The fourth-order valence-electron chi connectivity index (χ4n) is 1.79. The second-order valence-corrected chi connectivity index (χ2v) is 4.36. The molecule has 0 aliphatic carbocycles. The van der Waals surface area contributed by atoms with E-state index in [0.717, 1.165) is 12.3 Å². The van der Waals surface area contributed by atoms with Gasteiger partial charge in [0.15, 0.2) is 11.5 Å². The number of hydrogen-bond acceptors (Lipinski definition) is 5. The number of halogens is 1. The molecule has 1 amide bonds. The molecule has 0 fully saturated rings. The smallest absolute Gasteiger partial charge is 0.356 e. The number of aromatic carboxylic acids is 1. The summed E-state index contributed by atoms with van der Waals surface area (Å²) in [5.74, 6) is -2.55. The summed E-state index contributed by atoms with van der Waals surface area (Å²) in [6.45, 7) is 2.18. The molecular formula is C14H13FN4O3. The van der Waals surface area contributed by atoms with Crippen LogP contribution in [-0.4, -0.2) is 33.5 Å². The standard InChI is InChI=1S/C14H13FN4O3/c1-2-17-13(20)7-3-4-9(15)8(5-7)12-18-6-10(16)11(19-12)14(21)22/h3-6H,2,16H2,1H3,(H,17,20)(H,21,22). The van der Waals surface area contributed by atoms with Crippen molar-refractivity contribution in [1.82, 2.24) is 15.3 Å². The van der Waals surface area contributed by atoms with Crippen LogP contribution in [0.5, 0.6) is 0 Å². The van der Waals surface area contributed by atoms with Crippen LogP contribution in [0, 0.1) is 5.82 Å². The van der Waals surface area contributed by atoms with Gasteiger partial charge >= 0.3 is 5.97 Å². The zero-order chi connectivity index (χ0) is 16.3. The third-order valence-electron chi connectivity index (χ3n) is 2.83. The highest BCUT2D eigenvalue weighted by atomic mass is 19.1. The monoisotopic (exact) mass is 304 g/mol. The minimum absolute atomic E-state index is 0.0775. The van der Waals surface area contributed by atoms with Crippen LogP contribution in [0.2, 0.25) is 0 Å². The summed E-state index contributed by atoms with van der Waals surface area (Å²) in [5.41, 5.74) is 5.05. The highest BCUT2D eigenvalue weighted by Gasteiger charge is 2.17. The van der Waals surface area contributed by atoms with E-state index in [1.54, 1.807) is 6.92 Å². The molecule has 0 atom stereocenters. The number of amides is 1. The van der Waals surface area contributed by atoms with E-state index in [1.807, 2.05) is 0 Å². The number of hydrogen-bond donors (Lipinski definition) is 3. The van der Waals surface area contributed by atoms with E-state index in [-0.39, 0.29) is 28.5 Å². The minimum Gasteiger partial charge on any atom is -0.476 e. The highest BCUT2D eigenvalue weighted by Crippen LogP contribution is 2.22. The van der Waals surface area contributed by atoms with E-state index in [9.17, 15) is 14.0 Å².